The fourth-order valence-corrected chi connectivity index (χ4v) is 2.60. The average molecular weight is 335 g/mol. The molecule has 0 heterocycles. The van der Waals surface area contributed by atoms with Crippen molar-refractivity contribution >= 4 is 0 Å². The molecule has 3 heteroatoms. The summed E-state index contributed by atoms with van der Waals surface area (Å²) in [4.78, 5) is 0. The number of hydrogen-bond acceptors (Lipinski definition) is 2. The van der Waals surface area contributed by atoms with E-state index in [0.717, 1.165) is 36.4 Å². The monoisotopic (exact) mass is 335 g/mol. The molecule has 25 heavy (non-hydrogen) atoms. The summed E-state index contributed by atoms with van der Waals surface area (Å²) in [5.41, 5.74) is 3.37. The van der Waals surface area contributed by atoms with Crippen molar-refractivity contribution in [2.45, 2.75) is 19.6 Å². The van der Waals surface area contributed by atoms with Crippen molar-refractivity contribution in [2.75, 3.05) is 6.54 Å². The number of ether oxygens (including phenoxy) is 1. The van der Waals surface area contributed by atoms with Gasteiger partial charge in [0.25, 0.3) is 0 Å². The lowest BCUT2D eigenvalue weighted by Crippen LogP contribution is -2.16. The summed E-state index contributed by atoms with van der Waals surface area (Å²) in [6, 6.07) is 25.0. The Bertz CT molecular complexity index is 772. The van der Waals surface area contributed by atoms with E-state index in [2.05, 4.69) is 29.6 Å². The lowest BCUT2D eigenvalue weighted by atomic mass is 10.1. The maximum Gasteiger partial charge on any atom is 0.123 e. The van der Waals surface area contributed by atoms with Gasteiger partial charge in [0.1, 0.15) is 18.2 Å². The Labute approximate surface area is 148 Å². The standard InChI is InChI=1S/C22H22FNO/c23-21-8-4-7-18(15-21)13-14-24-16-19-9-11-22(12-10-19)25-17-20-5-2-1-3-6-20/h1-12,15,24H,13-14,16-17H2. The molecule has 3 aromatic carbocycles. The number of hydrogen-bond donors (Lipinski definition) is 1. The summed E-state index contributed by atoms with van der Waals surface area (Å²) in [6.45, 7) is 2.18. The molecule has 1 N–H and O–H groups in total. The Balaban J connectivity index is 1.40. The van der Waals surface area contributed by atoms with Crippen LogP contribution in [0.5, 0.6) is 5.75 Å². The molecule has 0 saturated carbocycles. The zero-order valence-electron chi connectivity index (χ0n) is 14.1. The molecule has 0 aliphatic rings. The van der Waals surface area contributed by atoms with Crippen LogP contribution in [0.25, 0.3) is 0 Å². The van der Waals surface area contributed by atoms with Gasteiger partial charge in [0.2, 0.25) is 0 Å². The molecule has 0 fully saturated rings. The van der Waals surface area contributed by atoms with Crippen molar-refractivity contribution < 1.29 is 9.13 Å². The highest BCUT2D eigenvalue weighted by molar-refractivity contribution is 5.27. The van der Waals surface area contributed by atoms with Crippen LogP contribution in [0.2, 0.25) is 0 Å². The quantitative estimate of drug-likeness (QED) is 0.601. The lowest BCUT2D eigenvalue weighted by Gasteiger charge is -2.08. The first-order valence-electron chi connectivity index (χ1n) is 8.50. The Kier molecular flexibility index (Phi) is 6.18. The third-order valence-electron chi connectivity index (χ3n) is 3.98. The molecule has 0 aliphatic carbocycles. The Morgan fingerprint density at radius 2 is 1.52 bits per heavy atom. The summed E-state index contributed by atoms with van der Waals surface area (Å²) in [5, 5.41) is 3.38. The molecule has 2 nitrogen and oxygen atoms in total. The molecule has 0 bridgehead atoms. The minimum absolute atomic E-state index is 0.177. The van der Waals surface area contributed by atoms with Gasteiger partial charge >= 0.3 is 0 Å². The molecule has 0 unspecified atom stereocenters. The average Bonchev–Trinajstić information content (AvgIpc) is 2.65. The predicted molar refractivity (Wildman–Crippen MR) is 99.0 cm³/mol. The highest BCUT2D eigenvalue weighted by atomic mass is 19.1. The molecule has 3 aromatic rings. The molecule has 0 amide bonds. The van der Waals surface area contributed by atoms with Gasteiger partial charge in [-0.25, -0.2) is 4.39 Å². The molecule has 0 spiro atoms. The van der Waals surface area contributed by atoms with Gasteiger partial charge in [-0.15, -0.1) is 0 Å². The van der Waals surface area contributed by atoms with Crippen molar-refractivity contribution in [1.29, 1.82) is 0 Å². The van der Waals surface area contributed by atoms with Crippen LogP contribution in [-0.4, -0.2) is 6.54 Å². The second kappa shape index (κ2) is 9.00. The summed E-state index contributed by atoms with van der Waals surface area (Å²) < 4.78 is 18.9. The molecule has 3 rings (SSSR count). The topological polar surface area (TPSA) is 21.3 Å². The first kappa shape index (κ1) is 17.2. The third-order valence-corrected chi connectivity index (χ3v) is 3.98. The van der Waals surface area contributed by atoms with Crippen LogP contribution in [-0.2, 0) is 19.6 Å². The van der Waals surface area contributed by atoms with E-state index < -0.39 is 0 Å². The molecule has 0 aromatic heterocycles. The van der Waals surface area contributed by atoms with E-state index in [-0.39, 0.29) is 5.82 Å². The molecule has 0 atom stereocenters. The SMILES string of the molecule is Fc1cccc(CCNCc2ccc(OCc3ccccc3)cc2)c1. The van der Waals surface area contributed by atoms with Crippen LogP contribution in [0.15, 0.2) is 78.9 Å². The molecular formula is C22H22FNO. The maximum absolute atomic E-state index is 13.1. The van der Waals surface area contributed by atoms with Crippen LogP contribution in [0.4, 0.5) is 4.39 Å². The van der Waals surface area contributed by atoms with Crippen LogP contribution in [0, 0.1) is 5.82 Å². The van der Waals surface area contributed by atoms with Gasteiger partial charge in [-0.1, -0.05) is 54.6 Å². The summed E-state index contributed by atoms with van der Waals surface area (Å²) >= 11 is 0. The summed E-state index contributed by atoms with van der Waals surface area (Å²) in [7, 11) is 0. The zero-order chi connectivity index (χ0) is 17.3. The lowest BCUT2D eigenvalue weighted by molar-refractivity contribution is 0.306. The van der Waals surface area contributed by atoms with E-state index in [1.807, 2.05) is 36.4 Å². The van der Waals surface area contributed by atoms with Crippen molar-refractivity contribution in [3.05, 3.63) is 101 Å². The first-order valence-corrected chi connectivity index (χ1v) is 8.50. The first-order chi connectivity index (χ1) is 12.3. The zero-order valence-corrected chi connectivity index (χ0v) is 14.1. The molecule has 0 saturated heterocycles. The van der Waals surface area contributed by atoms with E-state index in [9.17, 15) is 4.39 Å². The third kappa shape index (κ3) is 5.73. The Hall–Kier alpha value is -2.65. The van der Waals surface area contributed by atoms with Gasteiger partial charge in [0.05, 0.1) is 0 Å². The molecular weight excluding hydrogens is 313 g/mol. The molecule has 128 valence electrons. The highest BCUT2D eigenvalue weighted by Crippen LogP contribution is 2.14. The van der Waals surface area contributed by atoms with E-state index in [1.165, 1.54) is 11.6 Å². The van der Waals surface area contributed by atoms with Gasteiger partial charge in [-0.05, 0) is 53.9 Å². The molecule has 0 radical (unpaired) electrons. The van der Waals surface area contributed by atoms with Gasteiger partial charge in [-0.2, -0.15) is 0 Å². The summed E-state index contributed by atoms with van der Waals surface area (Å²) in [5.74, 6) is 0.691. The number of rotatable bonds is 8. The second-order valence-corrected chi connectivity index (χ2v) is 5.97. The number of halogens is 1. The van der Waals surface area contributed by atoms with Gasteiger partial charge in [-0.3, -0.25) is 0 Å². The van der Waals surface area contributed by atoms with Crippen molar-refractivity contribution in [2.24, 2.45) is 0 Å². The van der Waals surface area contributed by atoms with E-state index >= 15 is 0 Å². The smallest absolute Gasteiger partial charge is 0.123 e. The number of benzene rings is 3. The minimum atomic E-state index is -0.177. The fourth-order valence-electron chi connectivity index (χ4n) is 2.60. The van der Waals surface area contributed by atoms with Crippen molar-refractivity contribution in [1.82, 2.24) is 5.32 Å². The van der Waals surface area contributed by atoms with Crippen LogP contribution in [0.3, 0.4) is 0 Å². The van der Waals surface area contributed by atoms with Crippen molar-refractivity contribution in [3.63, 3.8) is 0 Å². The van der Waals surface area contributed by atoms with E-state index in [1.54, 1.807) is 12.1 Å². The highest BCUT2D eigenvalue weighted by Gasteiger charge is 1.98. The normalized spacial score (nSPS) is 10.6. The van der Waals surface area contributed by atoms with Gasteiger partial charge < -0.3 is 10.1 Å². The maximum atomic E-state index is 13.1. The van der Waals surface area contributed by atoms with Gasteiger partial charge in [0.15, 0.2) is 0 Å². The minimum Gasteiger partial charge on any atom is -0.489 e. The fraction of sp³-hybridized carbons (Fsp3) is 0.182. The van der Waals surface area contributed by atoms with Crippen LogP contribution >= 0.6 is 0 Å². The van der Waals surface area contributed by atoms with Gasteiger partial charge in [0, 0.05) is 6.54 Å². The number of nitrogens with one attached hydrogen (secondary N) is 1. The van der Waals surface area contributed by atoms with E-state index in [0.29, 0.717) is 6.61 Å². The molecule has 0 aliphatic heterocycles. The van der Waals surface area contributed by atoms with E-state index in [4.69, 9.17) is 4.74 Å². The van der Waals surface area contributed by atoms with Crippen LogP contribution < -0.4 is 10.1 Å². The second-order valence-electron chi connectivity index (χ2n) is 5.97. The summed E-state index contributed by atoms with van der Waals surface area (Å²) in [6.07, 6.45) is 0.816. The Morgan fingerprint density at radius 1 is 0.760 bits per heavy atom. The largest absolute Gasteiger partial charge is 0.489 e. The van der Waals surface area contributed by atoms with Crippen molar-refractivity contribution in [3.8, 4) is 5.75 Å². The predicted octanol–water partition coefficient (Wildman–Crippen LogP) is 4.74. The van der Waals surface area contributed by atoms with Crippen LogP contribution in [0.1, 0.15) is 16.7 Å². The Morgan fingerprint density at radius 3 is 2.28 bits per heavy atom.